The Morgan fingerprint density at radius 3 is 2.74 bits per heavy atom. The number of benzene rings is 2. The minimum absolute atomic E-state index is 0.0222. The Balaban J connectivity index is 1.78. The van der Waals surface area contributed by atoms with E-state index in [0.29, 0.717) is 12.2 Å². The molecule has 2 aromatic carbocycles. The van der Waals surface area contributed by atoms with Gasteiger partial charge in [-0.2, -0.15) is 0 Å². The van der Waals surface area contributed by atoms with Gasteiger partial charge in [-0.1, -0.05) is 22.0 Å². The quantitative estimate of drug-likeness (QED) is 0.540. The van der Waals surface area contributed by atoms with E-state index in [1.54, 1.807) is 0 Å². The number of hydrogen-bond donors (Lipinski definition) is 3. The van der Waals surface area contributed by atoms with Crippen molar-refractivity contribution in [3.63, 3.8) is 0 Å². The zero-order valence-electron chi connectivity index (χ0n) is 15.4. The predicted molar refractivity (Wildman–Crippen MR) is 113 cm³/mol. The molecule has 0 aliphatic heterocycles. The van der Waals surface area contributed by atoms with E-state index in [4.69, 9.17) is 0 Å². The summed E-state index contributed by atoms with van der Waals surface area (Å²) in [7, 11) is 4.17. The average Bonchev–Trinajstić information content (AvgIpc) is 2.62. The molecule has 0 atom stereocenters. The van der Waals surface area contributed by atoms with Gasteiger partial charge in [0.2, 0.25) is 5.91 Å². The van der Waals surface area contributed by atoms with Crippen LogP contribution in [-0.2, 0) is 4.79 Å². The van der Waals surface area contributed by atoms with Gasteiger partial charge in [0.05, 0.1) is 26.2 Å². The van der Waals surface area contributed by atoms with Gasteiger partial charge in [0.15, 0.2) is 0 Å². The molecule has 6 nitrogen and oxygen atoms in total. The van der Waals surface area contributed by atoms with Crippen LogP contribution in [0.4, 0.5) is 17.2 Å². The molecule has 0 saturated carbocycles. The normalized spacial score (nSPS) is 11.0. The molecule has 1 amide bonds. The maximum Gasteiger partial charge on any atom is 0.224 e. The van der Waals surface area contributed by atoms with Crippen molar-refractivity contribution in [1.82, 2.24) is 9.97 Å². The summed E-state index contributed by atoms with van der Waals surface area (Å²) in [5, 5.41) is 7.14. The molecule has 3 rings (SSSR count). The van der Waals surface area contributed by atoms with Crippen LogP contribution in [0.15, 0.2) is 53.3 Å². The largest absolute Gasteiger partial charge is 0.340 e. The van der Waals surface area contributed by atoms with Gasteiger partial charge in [0.1, 0.15) is 12.1 Å². The summed E-state index contributed by atoms with van der Waals surface area (Å²) in [6.07, 6.45) is 2.91. The second kappa shape index (κ2) is 8.92. The number of fused-ring (bicyclic) bond motifs is 1. The Labute approximate surface area is 167 Å². The second-order valence-electron chi connectivity index (χ2n) is 6.70. The SMILES string of the molecule is C[NH+](C)CCCC(=O)Nc1ccc2ncnc(Nc3cccc(Br)c3)c2c1. The number of anilines is 3. The summed E-state index contributed by atoms with van der Waals surface area (Å²) in [6, 6.07) is 13.5. The first-order valence-corrected chi connectivity index (χ1v) is 9.67. The highest BCUT2D eigenvalue weighted by Gasteiger charge is 2.08. The van der Waals surface area contributed by atoms with Gasteiger partial charge in [-0.15, -0.1) is 0 Å². The molecule has 0 radical (unpaired) electrons. The molecule has 1 aromatic heterocycles. The first kappa shape index (κ1) is 19.3. The highest BCUT2D eigenvalue weighted by molar-refractivity contribution is 9.10. The predicted octanol–water partition coefficient (Wildman–Crippen LogP) is 3.00. The van der Waals surface area contributed by atoms with Gasteiger partial charge in [0, 0.05) is 34.1 Å². The molecule has 0 aliphatic rings. The number of hydrogen-bond acceptors (Lipinski definition) is 4. The Bertz CT molecular complexity index is 945. The summed E-state index contributed by atoms with van der Waals surface area (Å²) in [5.74, 6) is 0.722. The van der Waals surface area contributed by atoms with Crippen molar-refractivity contribution in [1.29, 1.82) is 0 Å². The Kier molecular flexibility index (Phi) is 6.36. The van der Waals surface area contributed by atoms with Crippen LogP contribution >= 0.6 is 15.9 Å². The van der Waals surface area contributed by atoms with Crippen molar-refractivity contribution in [2.45, 2.75) is 12.8 Å². The number of amides is 1. The lowest BCUT2D eigenvalue weighted by molar-refractivity contribution is -0.858. The van der Waals surface area contributed by atoms with Crippen LogP contribution in [0.25, 0.3) is 10.9 Å². The zero-order valence-corrected chi connectivity index (χ0v) is 17.0. The van der Waals surface area contributed by atoms with Gasteiger partial charge >= 0.3 is 0 Å². The first-order chi connectivity index (χ1) is 13.0. The third-order valence-corrected chi connectivity index (χ3v) is 4.58. The topological polar surface area (TPSA) is 71.3 Å². The minimum atomic E-state index is 0.0222. The van der Waals surface area contributed by atoms with Crippen LogP contribution in [-0.4, -0.2) is 36.5 Å². The molecule has 3 aromatic rings. The summed E-state index contributed by atoms with van der Waals surface area (Å²) in [5.41, 5.74) is 2.48. The Morgan fingerprint density at radius 2 is 1.96 bits per heavy atom. The van der Waals surface area contributed by atoms with E-state index in [2.05, 4.69) is 50.6 Å². The molecule has 0 spiro atoms. The lowest BCUT2D eigenvalue weighted by Gasteiger charge is -2.11. The number of halogens is 1. The third kappa shape index (κ3) is 5.48. The van der Waals surface area contributed by atoms with Crippen molar-refractivity contribution in [3.05, 3.63) is 53.3 Å². The second-order valence-corrected chi connectivity index (χ2v) is 7.61. The maximum atomic E-state index is 12.2. The molecule has 3 N–H and O–H groups in total. The van der Waals surface area contributed by atoms with E-state index >= 15 is 0 Å². The fourth-order valence-electron chi connectivity index (χ4n) is 2.76. The molecule has 0 saturated heterocycles. The maximum absolute atomic E-state index is 12.2. The smallest absolute Gasteiger partial charge is 0.224 e. The number of carbonyl (C=O) groups is 1. The summed E-state index contributed by atoms with van der Waals surface area (Å²) in [6.45, 7) is 0.972. The average molecular weight is 429 g/mol. The van der Waals surface area contributed by atoms with Gasteiger partial charge in [0.25, 0.3) is 0 Å². The van der Waals surface area contributed by atoms with Crippen LogP contribution in [0.2, 0.25) is 0 Å². The van der Waals surface area contributed by atoms with E-state index < -0.39 is 0 Å². The number of nitrogens with one attached hydrogen (secondary N) is 3. The highest BCUT2D eigenvalue weighted by atomic mass is 79.9. The third-order valence-electron chi connectivity index (χ3n) is 4.09. The lowest BCUT2D eigenvalue weighted by atomic mass is 10.2. The van der Waals surface area contributed by atoms with E-state index in [0.717, 1.165) is 39.7 Å². The van der Waals surface area contributed by atoms with Crippen molar-refractivity contribution < 1.29 is 9.69 Å². The van der Waals surface area contributed by atoms with Crippen molar-refractivity contribution in [3.8, 4) is 0 Å². The fraction of sp³-hybridized carbons (Fsp3) is 0.250. The molecular formula is C20H23BrN5O+. The van der Waals surface area contributed by atoms with Gasteiger partial charge in [-0.25, -0.2) is 9.97 Å². The molecule has 0 bridgehead atoms. The summed E-state index contributed by atoms with van der Waals surface area (Å²) in [4.78, 5) is 22.2. The van der Waals surface area contributed by atoms with Gasteiger partial charge in [-0.05, 0) is 36.4 Å². The lowest BCUT2D eigenvalue weighted by Crippen LogP contribution is -3.05. The van der Waals surface area contributed by atoms with Crippen LogP contribution in [0.3, 0.4) is 0 Å². The first-order valence-electron chi connectivity index (χ1n) is 8.87. The van der Waals surface area contributed by atoms with E-state index in [1.165, 1.54) is 11.2 Å². The zero-order chi connectivity index (χ0) is 19.2. The molecule has 0 fully saturated rings. The molecule has 1 heterocycles. The van der Waals surface area contributed by atoms with Crippen LogP contribution in [0.5, 0.6) is 0 Å². The molecule has 27 heavy (non-hydrogen) atoms. The Morgan fingerprint density at radius 1 is 1.11 bits per heavy atom. The van der Waals surface area contributed by atoms with Gasteiger partial charge < -0.3 is 15.5 Å². The minimum Gasteiger partial charge on any atom is -0.340 e. The molecule has 0 unspecified atom stereocenters. The summed E-state index contributed by atoms with van der Waals surface area (Å²) < 4.78 is 0.985. The number of quaternary nitrogens is 1. The molecule has 0 aliphatic carbocycles. The number of carbonyl (C=O) groups excluding carboxylic acids is 1. The van der Waals surface area contributed by atoms with E-state index in [-0.39, 0.29) is 5.91 Å². The number of aromatic nitrogens is 2. The fourth-order valence-corrected chi connectivity index (χ4v) is 3.16. The van der Waals surface area contributed by atoms with Crippen LogP contribution < -0.4 is 15.5 Å². The van der Waals surface area contributed by atoms with Gasteiger partial charge in [-0.3, -0.25) is 4.79 Å². The van der Waals surface area contributed by atoms with Crippen molar-refractivity contribution >= 4 is 49.9 Å². The number of nitrogens with zero attached hydrogens (tertiary/aromatic N) is 2. The monoisotopic (exact) mass is 428 g/mol. The standard InChI is InChI=1S/C20H22BrN5O/c1-26(2)10-4-7-19(27)24-16-8-9-18-17(12-16)20(23-13-22-18)25-15-6-3-5-14(21)11-15/h3,5-6,8-9,11-13H,4,7,10H2,1-2H3,(H,24,27)(H,22,23,25)/p+1. The van der Waals surface area contributed by atoms with E-state index in [9.17, 15) is 4.79 Å². The van der Waals surface area contributed by atoms with Crippen LogP contribution in [0.1, 0.15) is 12.8 Å². The van der Waals surface area contributed by atoms with E-state index in [1.807, 2.05) is 42.5 Å². The highest BCUT2D eigenvalue weighted by Crippen LogP contribution is 2.27. The Hall–Kier alpha value is -2.51. The van der Waals surface area contributed by atoms with Crippen molar-refractivity contribution in [2.75, 3.05) is 31.3 Å². The van der Waals surface area contributed by atoms with Crippen LogP contribution in [0, 0.1) is 0 Å². The molecule has 7 heteroatoms. The summed E-state index contributed by atoms with van der Waals surface area (Å²) >= 11 is 3.47. The number of rotatable bonds is 7. The molecular weight excluding hydrogens is 406 g/mol. The molecule has 140 valence electrons. The van der Waals surface area contributed by atoms with Crippen molar-refractivity contribution in [2.24, 2.45) is 0 Å².